The molecule has 0 amide bonds. The number of nitrogens with one attached hydrogen (secondary N) is 1. The first-order valence-electron chi connectivity index (χ1n) is 6.36. The first-order chi connectivity index (χ1) is 9.40. The highest BCUT2D eigenvalue weighted by atomic mass is 32.1. The third-order valence-corrected chi connectivity index (χ3v) is 4.01. The van der Waals surface area contributed by atoms with Gasteiger partial charge in [0.15, 0.2) is 0 Å². The topological polar surface area (TPSA) is 37.8 Å². The summed E-state index contributed by atoms with van der Waals surface area (Å²) >= 11 is 1.76. The summed E-state index contributed by atoms with van der Waals surface area (Å²) in [5, 5.41) is 5.64. The lowest BCUT2D eigenvalue weighted by Crippen LogP contribution is -2.21. The summed E-state index contributed by atoms with van der Waals surface area (Å²) < 4.78 is 0. The average molecular weight is 269 g/mol. The molecule has 0 aliphatic rings. The normalized spacial score (nSPS) is 12.7. The van der Waals surface area contributed by atoms with Gasteiger partial charge in [-0.15, -0.1) is 11.3 Å². The summed E-state index contributed by atoms with van der Waals surface area (Å²) in [7, 11) is 0. The molecule has 0 fully saturated rings. The Labute approximate surface area is 116 Å². The molecular formula is C15H15N3S. The molecule has 3 nitrogen and oxygen atoms in total. The molecule has 96 valence electrons. The van der Waals surface area contributed by atoms with Crippen LogP contribution in [0.4, 0.5) is 0 Å². The first kappa shape index (κ1) is 12.3. The molecule has 1 N–H and O–H groups in total. The van der Waals surface area contributed by atoms with E-state index in [0.717, 1.165) is 17.6 Å². The van der Waals surface area contributed by atoms with E-state index in [2.05, 4.69) is 45.8 Å². The van der Waals surface area contributed by atoms with E-state index in [1.54, 1.807) is 23.7 Å². The second-order valence-electron chi connectivity index (χ2n) is 4.28. The van der Waals surface area contributed by atoms with Crippen molar-refractivity contribution in [2.45, 2.75) is 13.0 Å². The van der Waals surface area contributed by atoms with Crippen LogP contribution < -0.4 is 5.32 Å². The van der Waals surface area contributed by atoms with Gasteiger partial charge < -0.3 is 5.32 Å². The highest BCUT2D eigenvalue weighted by Crippen LogP contribution is 2.29. The van der Waals surface area contributed by atoms with Crippen LogP contribution in [-0.2, 0) is 0 Å². The third kappa shape index (κ3) is 2.37. The maximum atomic E-state index is 4.50. The SMILES string of the molecule is CCNC(c1cccs1)c1cccc2nccnc12. The van der Waals surface area contributed by atoms with Crippen molar-refractivity contribution >= 4 is 22.4 Å². The fourth-order valence-corrected chi connectivity index (χ4v) is 3.09. The van der Waals surface area contributed by atoms with Crippen LogP contribution in [0.1, 0.15) is 23.4 Å². The molecule has 3 aromatic rings. The molecule has 2 heterocycles. The number of thiophene rings is 1. The Balaban J connectivity index is 2.15. The molecule has 2 aromatic heterocycles. The summed E-state index contributed by atoms with van der Waals surface area (Å²) in [4.78, 5) is 10.2. The van der Waals surface area contributed by atoms with E-state index in [4.69, 9.17) is 0 Å². The van der Waals surface area contributed by atoms with Crippen LogP contribution in [0.15, 0.2) is 48.1 Å². The molecule has 0 aliphatic heterocycles. The second-order valence-corrected chi connectivity index (χ2v) is 5.26. The van der Waals surface area contributed by atoms with Crippen LogP contribution in [0.2, 0.25) is 0 Å². The molecule has 3 rings (SSSR count). The largest absolute Gasteiger partial charge is 0.306 e. The molecule has 0 saturated carbocycles. The highest BCUT2D eigenvalue weighted by molar-refractivity contribution is 7.10. The quantitative estimate of drug-likeness (QED) is 0.789. The summed E-state index contributed by atoms with van der Waals surface area (Å²) in [5.41, 5.74) is 3.11. The van der Waals surface area contributed by atoms with Crippen molar-refractivity contribution in [2.75, 3.05) is 6.54 Å². The van der Waals surface area contributed by atoms with Gasteiger partial charge in [-0.25, -0.2) is 0 Å². The Morgan fingerprint density at radius 1 is 1.16 bits per heavy atom. The maximum absolute atomic E-state index is 4.50. The van der Waals surface area contributed by atoms with Gasteiger partial charge in [0.2, 0.25) is 0 Å². The lowest BCUT2D eigenvalue weighted by Gasteiger charge is -2.18. The Morgan fingerprint density at radius 3 is 2.84 bits per heavy atom. The maximum Gasteiger partial charge on any atom is 0.0938 e. The predicted molar refractivity (Wildman–Crippen MR) is 79.4 cm³/mol. The summed E-state index contributed by atoms with van der Waals surface area (Å²) in [6, 6.07) is 10.6. The van der Waals surface area contributed by atoms with Gasteiger partial charge in [-0.05, 0) is 24.1 Å². The van der Waals surface area contributed by atoms with Crippen molar-refractivity contribution in [3.8, 4) is 0 Å². The van der Waals surface area contributed by atoms with Gasteiger partial charge in [0.1, 0.15) is 0 Å². The Morgan fingerprint density at radius 2 is 2.05 bits per heavy atom. The number of para-hydroxylation sites is 1. The minimum absolute atomic E-state index is 0.186. The lowest BCUT2D eigenvalue weighted by atomic mass is 10.0. The number of aromatic nitrogens is 2. The second kappa shape index (κ2) is 5.47. The number of benzene rings is 1. The number of nitrogens with zero attached hydrogens (tertiary/aromatic N) is 2. The summed E-state index contributed by atoms with van der Waals surface area (Å²) in [6.45, 7) is 3.04. The molecule has 4 heteroatoms. The van der Waals surface area contributed by atoms with E-state index >= 15 is 0 Å². The zero-order chi connectivity index (χ0) is 13.1. The molecule has 1 aromatic carbocycles. The van der Waals surface area contributed by atoms with E-state index in [1.807, 2.05) is 12.1 Å². The van der Waals surface area contributed by atoms with Crippen molar-refractivity contribution in [3.05, 3.63) is 58.5 Å². The third-order valence-electron chi connectivity index (χ3n) is 3.08. The molecule has 0 aliphatic carbocycles. The van der Waals surface area contributed by atoms with Crippen LogP contribution in [0.3, 0.4) is 0 Å². The number of hydrogen-bond donors (Lipinski definition) is 1. The van der Waals surface area contributed by atoms with E-state index in [9.17, 15) is 0 Å². The van der Waals surface area contributed by atoms with Crippen molar-refractivity contribution in [1.29, 1.82) is 0 Å². The van der Waals surface area contributed by atoms with E-state index in [-0.39, 0.29) is 6.04 Å². The monoisotopic (exact) mass is 269 g/mol. The Hall–Kier alpha value is -1.78. The van der Waals surface area contributed by atoms with E-state index in [0.29, 0.717) is 0 Å². The van der Waals surface area contributed by atoms with Crippen LogP contribution >= 0.6 is 11.3 Å². The van der Waals surface area contributed by atoms with Crippen LogP contribution in [-0.4, -0.2) is 16.5 Å². The minimum atomic E-state index is 0.186. The number of rotatable bonds is 4. The Kier molecular flexibility index (Phi) is 3.53. The van der Waals surface area contributed by atoms with Gasteiger partial charge in [-0.2, -0.15) is 0 Å². The summed E-state index contributed by atoms with van der Waals surface area (Å²) in [5.74, 6) is 0. The van der Waals surface area contributed by atoms with Gasteiger partial charge in [0, 0.05) is 22.8 Å². The van der Waals surface area contributed by atoms with Gasteiger partial charge in [-0.3, -0.25) is 9.97 Å². The van der Waals surface area contributed by atoms with Crippen molar-refractivity contribution in [3.63, 3.8) is 0 Å². The van der Waals surface area contributed by atoms with Crippen LogP contribution in [0, 0.1) is 0 Å². The predicted octanol–water partition coefficient (Wildman–Crippen LogP) is 3.39. The van der Waals surface area contributed by atoms with Gasteiger partial charge >= 0.3 is 0 Å². The highest BCUT2D eigenvalue weighted by Gasteiger charge is 2.17. The number of hydrogen-bond acceptors (Lipinski definition) is 4. The molecule has 0 bridgehead atoms. The molecule has 0 radical (unpaired) electrons. The zero-order valence-electron chi connectivity index (χ0n) is 10.7. The van der Waals surface area contributed by atoms with Crippen LogP contribution in [0.5, 0.6) is 0 Å². The summed E-state index contributed by atoms with van der Waals surface area (Å²) in [6.07, 6.45) is 3.49. The fraction of sp³-hybridized carbons (Fsp3) is 0.200. The number of fused-ring (bicyclic) bond motifs is 1. The molecule has 1 atom stereocenters. The lowest BCUT2D eigenvalue weighted by molar-refractivity contribution is 0.642. The van der Waals surface area contributed by atoms with Gasteiger partial charge in [-0.1, -0.05) is 25.1 Å². The van der Waals surface area contributed by atoms with Crippen molar-refractivity contribution in [1.82, 2.24) is 15.3 Å². The Bertz CT molecular complexity index is 659. The van der Waals surface area contributed by atoms with Gasteiger partial charge in [0.05, 0.1) is 17.1 Å². The fourth-order valence-electron chi connectivity index (χ4n) is 2.27. The molecule has 0 saturated heterocycles. The average Bonchev–Trinajstić information content (AvgIpc) is 2.98. The van der Waals surface area contributed by atoms with Crippen molar-refractivity contribution < 1.29 is 0 Å². The molecular weight excluding hydrogens is 254 g/mol. The van der Waals surface area contributed by atoms with Crippen molar-refractivity contribution in [2.24, 2.45) is 0 Å². The molecule has 19 heavy (non-hydrogen) atoms. The molecule has 0 spiro atoms. The smallest absolute Gasteiger partial charge is 0.0938 e. The van der Waals surface area contributed by atoms with E-state index in [1.165, 1.54) is 10.4 Å². The zero-order valence-corrected chi connectivity index (χ0v) is 11.5. The molecule has 1 unspecified atom stereocenters. The first-order valence-corrected chi connectivity index (χ1v) is 7.24. The standard InChI is InChI=1S/C15H15N3S/c1-2-16-15(13-7-4-10-19-13)11-5-3-6-12-14(11)18-9-8-17-12/h3-10,15-16H,2H2,1H3. The van der Waals surface area contributed by atoms with Crippen LogP contribution in [0.25, 0.3) is 11.0 Å². The van der Waals surface area contributed by atoms with Gasteiger partial charge in [0.25, 0.3) is 0 Å². The van der Waals surface area contributed by atoms with E-state index < -0.39 is 0 Å². The minimum Gasteiger partial charge on any atom is -0.306 e.